The van der Waals surface area contributed by atoms with Crippen LogP contribution in [-0.4, -0.2) is 11.0 Å². The Morgan fingerprint density at radius 3 is 2.71 bits per heavy atom. The molecule has 0 aliphatic carbocycles. The highest BCUT2D eigenvalue weighted by Crippen LogP contribution is 2.33. The van der Waals surface area contributed by atoms with Gasteiger partial charge < -0.3 is 21.0 Å². The SMILES string of the molecule is NC(=O)c1oc2c(O)cccc2c1N. The first-order chi connectivity index (χ1) is 6.61. The highest BCUT2D eigenvalue weighted by molar-refractivity contribution is 6.05. The molecular weight excluding hydrogens is 184 g/mol. The zero-order valence-corrected chi connectivity index (χ0v) is 7.15. The Balaban J connectivity index is 2.86. The Hall–Kier alpha value is -2.17. The first kappa shape index (κ1) is 8.43. The van der Waals surface area contributed by atoms with Gasteiger partial charge in [-0.3, -0.25) is 4.79 Å². The van der Waals surface area contributed by atoms with E-state index in [9.17, 15) is 9.90 Å². The number of phenolic OH excluding ortho intramolecular Hbond substituents is 1. The van der Waals surface area contributed by atoms with E-state index >= 15 is 0 Å². The molecule has 5 N–H and O–H groups in total. The minimum Gasteiger partial charge on any atom is -0.504 e. The molecule has 2 aromatic rings. The fourth-order valence-corrected chi connectivity index (χ4v) is 1.31. The third-order valence-corrected chi connectivity index (χ3v) is 1.96. The summed E-state index contributed by atoms with van der Waals surface area (Å²) in [4.78, 5) is 10.9. The number of primary amides is 1. The number of amides is 1. The van der Waals surface area contributed by atoms with Crippen LogP contribution in [0.15, 0.2) is 22.6 Å². The average molecular weight is 192 g/mol. The van der Waals surface area contributed by atoms with E-state index in [1.165, 1.54) is 6.07 Å². The standard InChI is InChI=1S/C9H8N2O3/c10-6-4-2-1-3-5(12)7(4)14-8(6)9(11)13/h1-3,12H,10H2,(H2,11,13). The number of anilines is 1. The van der Waals surface area contributed by atoms with Gasteiger partial charge >= 0.3 is 0 Å². The van der Waals surface area contributed by atoms with Crippen LogP contribution in [0.2, 0.25) is 0 Å². The van der Waals surface area contributed by atoms with Crippen LogP contribution < -0.4 is 11.5 Å². The van der Waals surface area contributed by atoms with Gasteiger partial charge in [-0.15, -0.1) is 0 Å². The van der Waals surface area contributed by atoms with Gasteiger partial charge in [0.05, 0.1) is 5.69 Å². The largest absolute Gasteiger partial charge is 0.504 e. The normalized spacial score (nSPS) is 10.6. The van der Waals surface area contributed by atoms with Gasteiger partial charge in [-0.1, -0.05) is 6.07 Å². The molecule has 0 bridgehead atoms. The zero-order chi connectivity index (χ0) is 10.3. The second kappa shape index (κ2) is 2.66. The lowest BCUT2D eigenvalue weighted by Gasteiger charge is -1.90. The molecule has 0 saturated heterocycles. The summed E-state index contributed by atoms with van der Waals surface area (Å²) in [5.74, 6) is -0.943. The number of nitrogen functional groups attached to an aromatic ring is 1. The first-order valence-electron chi connectivity index (χ1n) is 3.91. The van der Waals surface area contributed by atoms with E-state index in [2.05, 4.69) is 0 Å². The molecule has 0 saturated carbocycles. The molecule has 72 valence electrons. The molecular formula is C9H8N2O3. The molecule has 0 atom stereocenters. The van der Waals surface area contributed by atoms with Gasteiger partial charge in [0.25, 0.3) is 5.91 Å². The van der Waals surface area contributed by atoms with Crippen LogP contribution in [0.4, 0.5) is 5.69 Å². The predicted octanol–water partition coefficient (Wildman–Crippen LogP) is 0.819. The molecule has 1 amide bonds. The van der Waals surface area contributed by atoms with E-state index in [1.54, 1.807) is 12.1 Å². The fourth-order valence-electron chi connectivity index (χ4n) is 1.31. The van der Waals surface area contributed by atoms with Crippen molar-refractivity contribution in [1.82, 2.24) is 0 Å². The van der Waals surface area contributed by atoms with Gasteiger partial charge in [0, 0.05) is 5.39 Å². The molecule has 5 nitrogen and oxygen atoms in total. The lowest BCUT2D eigenvalue weighted by molar-refractivity contribution is 0.0977. The third-order valence-electron chi connectivity index (χ3n) is 1.96. The summed E-state index contributed by atoms with van der Waals surface area (Å²) in [6.07, 6.45) is 0. The number of rotatable bonds is 1. The molecule has 14 heavy (non-hydrogen) atoms. The number of phenols is 1. The van der Waals surface area contributed by atoms with E-state index in [0.29, 0.717) is 5.39 Å². The number of hydrogen-bond donors (Lipinski definition) is 3. The van der Waals surface area contributed by atoms with Gasteiger partial charge in [-0.05, 0) is 12.1 Å². The highest BCUT2D eigenvalue weighted by atomic mass is 16.4. The van der Waals surface area contributed by atoms with Crippen molar-refractivity contribution in [3.63, 3.8) is 0 Å². The summed E-state index contributed by atoms with van der Waals surface area (Å²) in [6.45, 7) is 0. The molecule has 0 spiro atoms. The predicted molar refractivity (Wildman–Crippen MR) is 50.8 cm³/mol. The van der Waals surface area contributed by atoms with Crippen molar-refractivity contribution in [1.29, 1.82) is 0 Å². The van der Waals surface area contributed by atoms with Gasteiger partial charge in [0.15, 0.2) is 11.3 Å². The van der Waals surface area contributed by atoms with Gasteiger partial charge in [0.1, 0.15) is 0 Å². The Labute approximate surface area is 78.9 Å². The Bertz CT molecular complexity index is 516. The van der Waals surface area contributed by atoms with Crippen molar-refractivity contribution >= 4 is 22.6 Å². The number of furan rings is 1. The van der Waals surface area contributed by atoms with Crippen molar-refractivity contribution in [2.75, 3.05) is 5.73 Å². The van der Waals surface area contributed by atoms with Crippen molar-refractivity contribution in [2.45, 2.75) is 0 Å². The molecule has 0 unspecified atom stereocenters. The van der Waals surface area contributed by atoms with Crippen molar-refractivity contribution < 1.29 is 14.3 Å². The summed E-state index contributed by atoms with van der Waals surface area (Å²) in [6, 6.07) is 4.69. The van der Waals surface area contributed by atoms with Crippen molar-refractivity contribution in [2.24, 2.45) is 5.73 Å². The summed E-state index contributed by atoms with van der Waals surface area (Å²) in [7, 11) is 0. The topological polar surface area (TPSA) is 102 Å². The highest BCUT2D eigenvalue weighted by Gasteiger charge is 2.17. The van der Waals surface area contributed by atoms with Gasteiger partial charge in [-0.25, -0.2) is 0 Å². The molecule has 1 aromatic carbocycles. The van der Waals surface area contributed by atoms with Crippen LogP contribution in [0.3, 0.4) is 0 Å². The lowest BCUT2D eigenvalue weighted by atomic mass is 10.2. The van der Waals surface area contributed by atoms with Crippen LogP contribution >= 0.6 is 0 Å². The van der Waals surface area contributed by atoms with Crippen molar-refractivity contribution in [3.05, 3.63) is 24.0 Å². The monoisotopic (exact) mass is 192 g/mol. The minimum atomic E-state index is -0.752. The summed E-state index contributed by atoms with van der Waals surface area (Å²) in [5, 5.41) is 9.87. The third kappa shape index (κ3) is 0.990. The first-order valence-corrected chi connectivity index (χ1v) is 3.91. The summed E-state index contributed by atoms with van der Waals surface area (Å²) < 4.78 is 5.04. The number of benzene rings is 1. The van der Waals surface area contributed by atoms with Crippen LogP contribution in [0.1, 0.15) is 10.6 Å². The van der Waals surface area contributed by atoms with Gasteiger partial charge in [0.2, 0.25) is 5.76 Å². The number of nitrogens with two attached hydrogens (primary N) is 2. The molecule has 1 heterocycles. The smallest absolute Gasteiger partial charge is 0.286 e. The van der Waals surface area contributed by atoms with E-state index in [4.69, 9.17) is 15.9 Å². The number of carbonyl (C=O) groups is 1. The lowest BCUT2D eigenvalue weighted by Crippen LogP contribution is -2.11. The van der Waals surface area contributed by atoms with E-state index in [0.717, 1.165) is 0 Å². The van der Waals surface area contributed by atoms with Crippen LogP contribution in [-0.2, 0) is 0 Å². The number of fused-ring (bicyclic) bond motifs is 1. The molecule has 0 fully saturated rings. The maximum Gasteiger partial charge on any atom is 0.286 e. The van der Waals surface area contributed by atoms with E-state index in [-0.39, 0.29) is 22.8 Å². The molecule has 0 radical (unpaired) electrons. The van der Waals surface area contributed by atoms with Crippen molar-refractivity contribution in [3.8, 4) is 5.75 Å². The number of hydrogen-bond acceptors (Lipinski definition) is 4. The number of carbonyl (C=O) groups excluding carboxylic acids is 1. The van der Waals surface area contributed by atoms with Crippen LogP contribution in [0.25, 0.3) is 11.0 Å². The Morgan fingerprint density at radius 2 is 2.14 bits per heavy atom. The zero-order valence-electron chi connectivity index (χ0n) is 7.15. The van der Waals surface area contributed by atoms with E-state index in [1.807, 2.05) is 0 Å². The number of para-hydroxylation sites is 1. The maximum atomic E-state index is 10.9. The molecule has 2 rings (SSSR count). The number of aromatic hydroxyl groups is 1. The van der Waals surface area contributed by atoms with Gasteiger partial charge in [-0.2, -0.15) is 0 Å². The summed E-state index contributed by atoms with van der Waals surface area (Å²) in [5.41, 5.74) is 11.0. The van der Waals surface area contributed by atoms with Crippen LogP contribution in [0, 0.1) is 0 Å². The molecule has 0 aliphatic heterocycles. The Morgan fingerprint density at radius 1 is 1.43 bits per heavy atom. The quantitative estimate of drug-likeness (QED) is 0.622. The minimum absolute atomic E-state index is 0.0679. The fraction of sp³-hybridized carbons (Fsp3) is 0. The average Bonchev–Trinajstić information content (AvgIpc) is 2.46. The molecule has 1 aromatic heterocycles. The molecule has 0 aliphatic rings. The second-order valence-corrected chi connectivity index (χ2v) is 2.86. The molecule has 5 heteroatoms. The second-order valence-electron chi connectivity index (χ2n) is 2.86. The summed E-state index contributed by atoms with van der Waals surface area (Å²) >= 11 is 0. The maximum absolute atomic E-state index is 10.9. The van der Waals surface area contributed by atoms with Crippen LogP contribution in [0.5, 0.6) is 5.75 Å². The Kier molecular flexibility index (Phi) is 1.60. The van der Waals surface area contributed by atoms with E-state index < -0.39 is 5.91 Å².